The highest BCUT2D eigenvalue weighted by Crippen LogP contribution is 2.54. The first-order chi connectivity index (χ1) is 7.96. The van der Waals surface area contributed by atoms with Gasteiger partial charge in [-0.2, -0.15) is 0 Å². The Hall–Kier alpha value is -1.06. The first kappa shape index (κ1) is 12.4. The molecule has 0 saturated heterocycles. The molecule has 0 aliphatic heterocycles. The number of aliphatic carboxylic acids is 1. The summed E-state index contributed by atoms with van der Waals surface area (Å²) < 4.78 is 0. The first-order valence-corrected chi connectivity index (χ1v) is 6.49. The number of rotatable bonds is 4. The van der Waals surface area contributed by atoms with Crippen LogP contribution in [0.25, 0.3) is 0 Å². The average Bonchev–Trinajstić information content (AvgIpc) is 2.75. The molecule has 0 aromatic rings. The summed E-state index contributed by atoms with van der Waals surface area (Å²) in [6.45, 7) is 4.26. The normalized spacial score (nSPS) is 40.0. The van der Waals surface area contributed by atoms with Crippen LogP contribution in [0.2, 0.25) is 0 Å². The number of hydrogen-bond acceptors (Lipinski definition) is 2. The van der Waals surface area contributed by atoms with E-state index in [9.17, 15) is 9.59 Å². The molecule has 2 N–H and O–H groups in total. The summed E-state index contributed by atoms with van der Waals surface area (Å²) in [6, 6.07) is 0.0744. The molecule has 17 heavy (non-hydrogen) atoms. The third-order valence-electron chi connectivity index (χ3n) is 4.60. The molecular weight excluding hydrogens is 218 g/mol. The number of carboxylic acids is 1. The monoisotopic (exact) mass is 239 g/mol. The third kappa shape index (κ3) is 2.45. The molecule has 0 aromatic heterocycles. The van der Waals surface area contributed by atoms with Crippen LogP contribution in [0.5, 0.6) is 0 Å². The van der Waals surface area contributed by atoms with Crippen LogP contribution >= 0.6 is 0 Å². The van der Waals surface area contributed by atoms with Gasteiger partial charge in [-0.05, 0) is 37.5 Å². The SMILES string of the molecule is CCC1(C)CC1C(=O)N[C@@H]1CC[C@H](C(=O)O)C1. The Morgan fingerprint density at radius 2 is 2.12 bits per heavy atom. The zero-order chi connectivity index (χ0) is 12.6. The van der Waals surface area contributed by atoms with Crippen molar-refractivity contribution in [2.24, 2.45) is 17.3 Å². The Morgan fingerprint density at radius 3 is 2.59 bits per heavy atom. The van der Waals surface area contributed by atoms with E-state index in [1.807, 2.05) is 0 Å². The van der Waals surface area contributed by atoms with Crippen molar-refractivity contribution in [2.75, 3.05) is 0 Å². The minimum absolute atomic E-state index is 0.0744. The molecule has 2 rings (SSSR count). The van der Waals surface area contributed by atoms with Crippen LogP contribution < -0.4 is 5.32 Å². The van der Waals surface area contributed by atoms with E-state index in [0.717, 1.165) is 19.3 Å². The largest absolute Gasteiger partial charge is 0.481 e. The van der Waals surface area contributed by atoms with E-state index in [1.165, 1.54) is 0 Å². The van der Waals surface area contributed by atoms with Gasteiger partial charge in [0.25, 0.3) is 0 Å². The number of amides is 1. The van der Waals surface area contributed by atoms with Gasteiger partial charge in [0.1, 0.15) is 0 Å². The standard InChI is InChI=1S/C13H21NO3/c1-3-13(2)7-10(13)11(15)14-9-5-4-8(6-9)12(16)17/h8-10H,3-7H2,1-2H3,(H,14,15)(H,16,17)/t8-,9+,10?,13?/m0/s1. The van der Waals surface area contributed by atoms with Crippen molar-refractivity contribution in [3.63, 3.8) is 0 Å². The van der Waals surface area contributed by atoms with Crippen molar-refractivity contribution in [3.8, 4) is 0 Å². The number of hydrogen-bond donors (Lipinski definition) is 2. The number of nitrogens with one attached hydrogen (secondary N) is 1. The molecular formula is C13H21NO3. The Morgan fingerprint density at radius 1 is 1.41 bits per heavy atom. The lowest BCUT2D eigenvalue weighted by Crippen LogP contribution is -2.35. The van der Waals surface area contributed by atoms with Crippen molar-refractivity contribution < 1.29 is 14.7 Å². The molecule has 2 aliphatic rings. The van der Waals surface area contributed by atoms with Crippen molar-refractivity contribution in [3.05, 3.63) is 0 Å². The molecule has 2 fully saturated rings. The molecule has 96 valence electrons. The van der Waals surface area contributed by atoms with E-state index in [4.69, 9.17) is 5.11 Å². The Kier molecular flexibility index (Phi) is 3.15. The summed E-state index contributed by atoms with van der Waals surface area (Å²) in [6.07, 6.45) is 4.10. The predicted molar refractivity (Wildman–Crippen MR) is 63.4 cm³/mol. The van der Waals surface area contributed by atoms with Crippen LogP contribution in [-0.4, -0.2) is 23.0 Å². The maximum absolute atomic E-state index is 12.0. The summed E-state index contributed by atoms with van der Waals surface area (Å²) in [5.74, 6) is -0.717. The van der Waals surface area contributed by atoms with E-state index < -0.39 is 5.97 Å². The fourth-order valence-electron chi connectivity index (χ4n) is 2.85. The molecule has 2 unspecified atom stereocenters. The van der Waals surface area contributed by atoms with Gasteiger partial charge < -0.3 is 10.4 Å². The van der Waals surface area contributed by atoms with E-state index in [0.29, 0.717) is 12.8 Å². The summed E-state index contributed by atoms with van der Waals surface area (Å²) in [4.78, 5) is 22.8. The van der Waals surface area contributed by atoms with Crippen molar-refractivity contribution in [1.82, 2.24) is 5.32 Å². The fourth-order valence-corrected chi connectivity index (χ4v) is 2.85. The lowest BCUT2D eigenvalue weighted by Gasteiger charge is -2.14. The van der Waals surface area contributed by atoms with Crippen molar-refractivity contribution in [1.29, 1.82) is 0 Å². The van der Waals surface area contributed by atoms with Gasteiger partial charge in [-0.1, -0.05) is 13.8 Å². The summed E-state index contributed by atoms with van der Waals surface area (Å²) >= 11 is 0. The van der Waals surface area contributed by atoms with E-state index >= 15 is 0 Å². The van der Waals surface area contributed by atoms with Gasteiger partial charge in [0.15, 0.2) is 0 Å². The van der Waals surface area contributed by atoms with Crippen molar-refractivity contribution in [2.45, 2.75) is 52.0 Å². The molecule has 4 nitrogen and oxygen atoms in total. The summed E-state index contributed by atoms with van der Waals surface area (Å²) in [5.41, 5.74) is 0.189. The lowest BCUT2D eigenvalue weighted by molar-refractivity contribution is -0.141. The highest BCUT2D eigenvalue weighted by atomic mass is 16.4. The molecule has 0 heterocycles. The van der Waals surface area contributed by atoms with Gasteiger partial charge in [-0.15, -0.1) is 0 Å². The Balaban J connectivity index is 1.80. The number of carbonyl (C=O) groups is 2. The molecule has 1 amide bonds. The van der Waals surface area contributed by atoms with E-state index in [1.54, 1.807) is 0 Å². The molecule has 2 saturated carbocycles. The second-order valence-corrected chi connectivity index (χ2v) is 5.82. The van der Waals surface area contributed by atoms with E-state index in [-0.39, 0.29) is 29.2 Å². The summed E-state index contributed by atoms with van der Waals surface area (Å²) in [5, 5.41) is 11.9. The van der Waals surface area contributed by atoms with Crippen LogP contribution in [0.3, 0.4) is 0 Å². The second-order valence-electron chi connectivity index (χ2n) is 5.82. The minimum Gasteiger partial charge on any atom is -0.481 e. The van der Waals surface area contributed by atoms with Gasteiger partial charge in [0.2, 0.25) is 5.91 Å². The molecule has 2 aliphatic carbocycles. The molecule has 0 aromatic carbocycles. The smallest absolute Gasteiger partial charge is 0.306 e. The molecule has 0 bridgehead atoms. The van der Waals surface area contributed by atoms with Crippen LogP contribution in [0.4, 0.5) is 0 Å². The highest BCUT2D eigenvalue weighted by Gasteiger charge is 2.53. The van der Waals surface area contributed by atoms with Gasteiger partial charge >= 0.3 is 5.97 Å². The third-order valence-corrected chi connectivity index (χ3v) is 4.60. The molecule has 4 heteroatoms. The first-order valence-electron chi connectivity index (χ1n) is 6.49. The van der Waals surface area contributed by atoms with Gasteiger partial charge in [-0.25, -0.2) is 0 Å². The number of carboxylic acid groups (broad SMARTS) is 1. The Labute approximate surface area is 102 Å². The molecule has 0 radical (unpaired) electrons. The quantitative estimate of drug-likeness (QED) is 0.786. The zero-order valence-electron chi connectivity index (χ0n) is 10.5. The molecule has 0 spiro atoms. The summed E-state index contributed by atoms with van der Waals surface area (Å²) in [7, 11) is 0. The molecule has 4 atom stereocenters. The van der Waals surface area contributed by atoms with Gasteiger partial charge in [0.05, 0.1) is 5.92 Å². The maximum atomic E-state index is 12.0. The zero-order valence-corrected chi connectivity index (χ0v) is 10.5. The van der Waals surface area contributed by atoms with Crippen LogP contribution in [0.15, 0.2) is 0 Å². The van der Waals surface area contributed by atoms with Crippen LogP contribution in [0.1, 0.15) is 46.0 Å². The minimum atomic E-state index is -0.730. The topological polar surface area (TPSA) is 66.4 Å². The highest BCUT2D eigenvalue weighted by molar-refractivity contribution is 5.83. The predicted octanol–water partition coefficient (Wildman–Crippen LogP) is 1.79. The van der Waals surface area contributed by atoms with Crippen molar-refractivity contribution >= 4 is 11.9 Å². The second kappa shape index (κ2) is 4.31. The van der Waals surface area contributed by atoms with Gasteiger partial charge in [0, 0.05) is 12.0 Å². The fraction of sp³-hybridized carbons (Fsp3) is 0.846. The maximum Gasteiger partial charge on any atom is 0.306 e. The number of carbonyl (C=O) groups excluding carboxylic acids is 1. The van der Waals surface area contributed by atoms with Gasteiger partial charge in [-0.3, -0.25) is 9.59 Å². The van der Waals surface area contributed by atoms with E-state index in [2.05, 4.69) is 19.2 Å². The Bertz CT molecular complexity index is 342. The average molecular weight is 239 g/mol. The lowest BCUT2D eigenvalue weighted by atomic mass is 10.0. The van der Waals surface area contributed by atoms with Crippen LogP contribution in [-0.2, 0) is 9.59 Å². The van der Waals surface area contributed by atoms with Crippen LogP contribution in [0, 0.1) is 17.3 Å².